The zero-order valence-corrected chi connectivity index (χ0v) is 26.5. The number of carbonyl (C=O) groups excluding carboxylic acids is 3. The van der Waals surface area contributed by atoms with Gasteiger partial charge in [-0.05, 0) is 42.7 Å². The summed E-state index contributed by atoms with van der Waals surface area (Å²) in [6.07, 6.45) is 0.816. The van der Waals surface area contributed by atoms with Crippen LogP contribution in [0.4, 0.5) is 21.9 Å². The van der Waals surface area contributed by atoms with Gasteiger partial charge in [0.1, 0.15) is 17.4 Å². The van der Waals surface area contributed by atoms with Crippen molar-refractivity contribution >= 4 is 46.6 Å². The van der Waals surface area contributed by atoms with Crippen molar-refractivity contribution in [2.75, 3.05) is 44.1 Å². The minimum atomic E-state index is -0.593. The van der Waals surface area contributed by atoms with E-state index in [1.54, 1.807) is 11.0 Å². The topological polar surface area (TPSA) is 97.4 Å². The van der Waals surface area contributed by atoms with Crippen molar-refractivity contribution in [2.24, 2.45) is 0 Å². The number of ether oxygens (including phenoxy) is 3. The third-order valence-corrected chi connectivity index (χ3v) is 8.18. The van der Waals surface area contributed by atoms with Crippen LogP contribution >= 0.6 is 11.6 Å². The van der Waals surface area contributed by atoms with Gasteiger partial charge in [-0.15, -0.1) is 0 Å². The minimum absolute atomic E-state index is 0.165. The van der Waals surface area contributed by atoms with Crippen molar-refractivity contribution in [1.82, 2.24) is 4.90 Å². The molecule has 1 N–H and O–H groups in total. The number of esters is 1. The molecular weight excluding hydrogens is 606 g/mol. The van der Waals surface area contributed by atoms with Crippen LogP contribution in [0, 0.1) is 0 Å². The van der Waals surface area contributed by atoms with Crippen LogP contribution in [0.1, 0.15) is 29.6 Å². The summed E-state index contributed by atoms with van der Waals surface area (Å²) in [5.41, 5.74) is 3.81. The number of rotatable bonds is 10. The summed E-state index contributed by atoms with van der Waals surface area (Å²) in [6, 6.07) is 29.7. The van der Waals surface area contributed by atoms with Crippen molar-refractivity contribution in [3.63, 3.8) is 0 Å². The molecule has 1 aliphatic rings. The summed E-state index contributed by atoms with van der Waals surface area (Å²) in [5, 5.41) is 3.12. The first-order valence-electron chi connectivity index (χ1n) is 15.1. The molecule has 10 heteroatoms. The number of piperidine rings is 1. The molecule has 0 saturated carbocycles. The molecule has 238 valence electrons. The first-order chi connectivity index (χ1) is 22.4. The van der Waals surface area contributed by atoms with E-state index in [2.05, 4.69) is 10.2 Å². The van der Waals surface area contributed by atoms with E-state index in [1.165, 1.54) is 20.3 Å². The molecule has 9 nitrogen and oxygen atoms in total. The molecule has 4 aromatic rings. The molecule has 0 radical (unpaired) electrons. The predicted molar refractivity (Wildman–Crippen MR) is 179 cm³/mol. The molecule has 0 aromatic heterocycles. The van der Waals surface area contributed by atoms with Gasteiger partial charge >= 0.3 is 12.1 Å². The summed E-state index contributed by atoms with van der Waals surface area (Å²) >= 11 is 6.63. The molecule has 0 bridgehead atoms. The van der Waals surface area contributed by atoms with E-state index in [-0.39, 0.29) is 34.8 Å². The Balaban J connectivity index is 1.19. The number of likely N-dealkylation sites (tertiary alicyclic amines) is 1. The molecule has 46 heavy (non-hydrogen) atoms. The number of methoxy groups -OCH3 is 2. The number of nitrogens with zero attached hydrogens (tertiary/aromatic N) is 2. The summed E-state index contributed by atoms with van der Waals surface area (Å²) < 4.78 is 16.1. The van der Waals surface area contributed by atoms with Gasteiger partial charge < -0.3 is 19.1 Å². The van der Waals surface area contributed by atoms with Gasteiger partial charge in [-0.1, -0.05) is 78.3 Å². The third kappa shape index (κ3) is 7.85. The molecular formula is C36H36ClN3O6. The van der Waals surface area contributed by atoms with Gasteiger partial charge in [-0.2, -0.15) is 0 Å². The van der Waals surface area contributed by atoms with Crippen LogP contribution in [0.2, 0.25) is 5.02 Å². The second-order valence-electron chi connectivity index (χ2n) is 10.8. The number of hydrogen-bond acceptors (Lipinski definition) is 7. The van der Waals surface area contributed by atoms with E-state index in [4.69, 9.17) is 25.8 Å². The van der Waals surface area contributed by atoms with Crippen molar-refractivity contribution in [3.05, 3.63) is 108 Å². The van der Waals surface area contributed by atoms with Crippen LogP contribution in [-0.2, 0) is 14.3 Å². The Bertz CT molecular complexity index is 1660. The highest BCUT2D eigenvalue weighted by molar-refractivity contribution is 6.34. The fourth-order valence-corrected chi connectivity index (χ4v) is 5.76. The lowest BCUT2D eigenvalue weighted by Crippen LogP contribution is -2.40. The Morgan fingerprint density at radius 3 is 2.22 bits per heavy atom. The Labute approximate surface area is 273 Å². The highest BCUT2D eigenvalue weighted by Crippen LogP contribution is 2.38. The average Bonchev–Trinajstić information content (AvgIpc) is 3.09. The van der Waals surface area contributed by atoms with Crippen LogP contribution in [0.5, 0.6) is 5.75 Å². The summed E-state index contributed by atoms with van der Waals surface area (Å²) in [4.78, 5) is 42.6. The fraction of sp³-hybridized carbons (Fsp3) is 0.250. The molecule has 0 aliphatic carbocycles. The van der Waals surface area contributed by atoms with Crippen molar-refractivity contribution in [2.45, 2.75) is 25.4 Å². The number of carbonyl (C=O) groups is 3. The lowest BCUT2D eigenvalue weighted by molar-refractivity contribution is -0.118. The Hall–Kier alpha value is -4.86. The summed E-state index contributed by atoms with van der Waals surface area (Å²) in [6.45, 7) is 1.87. The number of hydrogen-bond donors (Lipinski definition) is 1. The molecule has 0 unspecified atom stereocenters. The number of benzene rings is 4. The first kappa shape index (κ1) is 32.5. The number of halogens is 1. The normalized spacial score (nSPS) is 13.5. The minimum Gasteiger partial charge on any atom is -0.496 e. The lowest BCUT2D eigenvalue weighted by Gasteiger charge is -2.32. The van der Waals surface area contributed by atoms with Crippen molar-refractivity contribution < 1.29 is 28.6 Å². The molecule has 1 heterocycles. The standard InChI is InChI=1S/C36H36ClN3O6/c1-44-33-24-32(30(37)23-29(33)35(42)45-2)40(26-13-7-4-8-14-26)34(41)19-22-39-20-17-27(18-21-39)46-36(43)38-31-16-10-9-15-28(31)25-11-5-3-6-12-25/h3-16,23-24,27H,17-22H2,1-2H3,(H,38,43). The number of nitrogens with one attached hydrogen (secondary N) is 1. The van der Waals surface area contributed by atoms with Gasteiger partial charge in [0.25, 0.3) is 0 Å². The lowest BCUT2D eigenvalue weighted by atomic mass is 10.0. The van der Waals surface area contributed by atoms with Crippen LogP contribution in [-0.4, -0.2) is 62.8 Å². The highest BCUT2D eigenvalue weighted by Gasteiger charge is 2.27. The van der Waals surface area contributed by atoms with E-state index in [1.807, 2.05) is 84.9 Å². The molecule has 4 aromatic carbocycles. The Morgan fingerprint density at radius 1 is 0.891 bits per heavy atom. The second-order valence-corrected chi connectivity index (χ2v) is 11.2. The largest absolute Gasteiger partial charge is 0.496 e. The van der Waals surface area contributed by atoms with Gasteiger partial charge in [0, 0.05) is 43.4 Å². The van der Waals surface area contributed by atoms with Gasteiger partial charge in [0.15, 0.2) is 0 Å². The van der Waals surface area contributed by atoms with E-state index in [0.29, 0.717) is 49.5 Å². The Kier molecular flexibility index (Phi) is 10.9. The van der Waals surface area contributed by atoms with E-state index in [0.717, 1.165) is 11.1 Å². The molecule has 1 saturated heterocycles. The number of para-hydroxylation sites is 2. The predicted octanol–water partition coefficient (Wildman–Crippen LogP) is 7.57. The van der Waals surface area contributed by atoms with Crippen LogP contribution in [0.25, 0.3) is 11.1 Å². The van der Waals surface area contributed by atoms with Gasteiger partial charge in [-0.3, -0.25) is 15.0 Å². The highest BCUT2D eigenvalue weighted by atomic mass is 35.5. The maximum atomic E-state index is 13.8. The molecule has 1 fully saturated rings. The average molecular weight is 642 g/mol. The summed E-state index contributed by atoms with van der Waals surface area (Å²) in [5.74, 6) is -0.518. The van der Waals surface area contributed by atoms with Crippen LogP contribution < -0.4 is 15.0 Å². The smallest absolute Gasteiger partial charge is 0.411 e. The van der Waals surface area contributed by atoms with Crippen molar-refractivity contribution in [3.8, 4) is 16.9 Å². The van der Waals surface area contributed by atoms with Gasteiger partial charge in [0.2, 0.25) is 5.91 Å². The zero-order chi connectivity index (χ0) is 32.5. The molecule has 5 rings (SSSR count). The first-order valence-corrected chi connectivity index (χ1v) is 15.4. The SMILES string of the molecule is COC(=O)c1cc(Cl)c(N(C(=O)CCN2CCC(OC(=O)Nc3ccccc3-c3ccccc3)CC2)c2ccccc2)cc1OC. The molecule has 0 spiro atoms. The van der Waals surface area contributed by atoms with E-state index in [9.17, 15) is 14.4 Å². The molecule has 1 aliphatic heterocycles. The Morgan fingerprint density at radius 2 is 1.54 bits per heavy atom. The molecule has 0 atom stereocenters. The zero-order valence-electron chi connectivity index (χ0n) is 25.8. The quantitative estimate of drug-likeness (QED) is 0.178. The fourth-order valence-electron chi connectivity index (χ4n) is 5.52. The number of anilines is 3. The monoisotopic (exact) mass is 641 g/mol. The molecule has 2 amide bonds. The van der Waals surface area contributed by atoms with Crippen LogP contribution in [0.15, 0.2) is 97.1 Å². The van der Waals surface area contributed by atoms with Gasteiger partial charge in [-0.25, -0.2) is 9.59 Å². The maximum absolute atomic E-state index is 13.8. The van der Waals surface area contributed by atoms with E-state index < -0.39 is 12.1 Å². The maximum Gasteiger partial charge on any atom is 0.411 e. The van der Waals surface area contributed by atoms with E-state index >= 15 is 0 Å². The number of amides is 2. The van der Waals surface area contributed by atoms with Crippen molar-refractivity contribution in [1.29, 1.82) is 0 Å². The third-order valence-electron chi connectivity index (χ3n) is 7.88. The second kappa shape index (κ2) is 15.4. The van der Waals surface area contributed by atoms with Gasteiger partial charge in [0.05, 0.1) is 30.6 Å². The summed E-state index contributed by atoms with van der Waals surface area (Å²) in [7, 11) is 2.72. The van der Waals surface area contributed by atoms with Crippen LogP contribution in [0.3, 0.4) is 0 Å².